The zero-order valence-corrected chi connectivity index (χ0v) is 9.95. The van der Waals surface area contributed by atoms with Crippen LogP contribution in [0.4, 0.5) is 0 Å². The van der Waals surface area contributed by atoms with E-state index in [9.17, 15) is 0 Å². The predicted octanol–water partition coefficient (Wildman–Crippen LogP) is 1.81. The molecule has 0 fully saturated rings. The zero-order chi connectivity index (χ0) is 12.1. The van der Waals surface area contributed by atoms with Crippen LogP contribution in [0.1, 0.15) is 5.56 Å². The van der Waals surface area contributed by atoms with Gasteiger partial charge in [-0.25, -0.2) is 4.98 Å². The van der Waals surface area contributed by atoms with Gasteiger partial charge in [-0.3, -0.25) is 0 Å². The van der Waals surface area contributed by atoms with Gasteiger partial charge >= 0.3 is 0 Å². The molecule has 1 N–H and O–H groups in total. The van der Waals surface area contributed by atoms with Crippen molar-refractivity contribution < 1.29 is 4.74 Å². The van der Waals surface area contributed by atoms with Gasteiger partial charge in [-0.05, 0) is 31.3 Å². The molecule has 3 heteroatoms. The number of benzene rings is 1. The number of hydrogen-bond donors (Lipinski definition) is 1. The maximum absolute atomic E-state index is 5.08. The third-order valence-electron chi connectivity index (χ3n) is 2.37. The quantitative estimate of drug-likeness (QED) is 0.793. The van der Waals surface area contributed by atoms with Crippen molar-refractivity contribution in [3.05, 3.63) is 35.9 Å². The average Bonchev–Trinajstić information content (AvgIpc) is 2.38. The largest absolute Gasteiger partial charge is 0.481 e. The Kier molecular flexibility index (Phi) is 3.59. The molecule has 0 amide bonds. The van der Waals surface area contributed by atoms with Crippen molar-refractivity contribution in [3.8, 4) is 17.7 Å². The second kappa shape index (κ2) is 5.33. The highest BCUT2D eigenvalue weighted by molar-refractivity contribution is 5.80. The molecule has 0 aliphatic rings. The molecule has 0 radical (unpaired) electrons. The monoisotopic (exact) mass is 226 g/mol. The van der Waals surface area contributed by atoms with Crippen LogP contribution >= 0.6 is 0 Å². The van der Waals surface area contributed by atoms with Gasteiger partial charge in [0.15, 0.2) is 0 Å². The van der Waals surface area contributed by atoms with Crippen LogP contribution in [0.3, 0.4) is 0 Å². The first-order valence-electron chi connectivity index (χ1n) is 5.42. The lowest BCUT2D eigenvalue weighted by molar-refractivity contribution is 0.399. The molecule has 0 aliphatic carbocycles. The van der Waals surface area contributed by atoms with Crippen LogP contribution in [0.15, 0.2) is 30.3 Å². The Morgan fingerprint density at radius 3 is 2.94 bits per heavy atom. The molecule has 0 atom stereocenters. The summed E-state index contributed by atoms with van der Waals surface area (Å²) in [6.45, 7) is 0.693. The van der Waals surface area contributed by atoms with Crippen LogP contribution in [-0.4, -0.2) is 25.7 Å². The van der Waals surface area contributed by atoms with E-state index in [1.165, 1.54) is 0 Å². The highest BCUT2D eigenvalue weighted by Gasteiger charge is 1.98. The van der Waals surface area contributed by atoms with Crippen molar-refractivity contribution in [1.29, 1.82) is 0 Å². The maximum atomic E-state index is 5.08. The summed E-state index contributed by atoms with van der Waals surface area (Å²) < 4.78 is 5.08. The van der Waals surface area contributed by atoms with Crippen LogP contribution in [0.25, 0.3) is 10.9 Å². The number of pyridine rings is 1. The normalized spacial score (nSPS) is 9.76. The minimum absolute atomic E-state index is 0.631. The molecule has 0 spiro atoms. The number of ether oxygens (including phenoxy) is 1. The van der Waals surface area contributed by atoms with E-state index in [0.717, 1.165) is 16.5 Å². The molecule has 1 aromatic carbocycles. The number of rotatable bonds is 2. The summed E-state index contributed by atoms with van der Waals surface area (Å²) in [7, 11) is 3.50. The second-order valence-electron chi connectivity index (χ2n) is 3.59. The predicted molar refractivity (Wildman–Crippen MR) is 69.1 cm³/mol. The molecular weight excluding hydrogens is 212 g/mol. The van der Waals surface area contributed by atoms with E-state index >= 15 is 0 Å². The molecule has 0 saturated heterocycles. The fraction of sp³-hybridized carbons (Fsp3) is 0.214. The molecular formula is C14H14N2O. The van der Waals surface area contributed by atoms with Gasteiger partial charge in [-0.2, -0.15) is 0 Å². The third-order valence-corrected chi connectivity index (χ3v) is 2.37. The standard InChI is InChI=1S/C14H14N2O/c1-15-9-3-4-11-5-7-13-12(10-11)6-8-14(16-13)17-2/h5-8,10,15H,9H2,1-2H3. The van der Waals surface area contributed by atoms with Crippen LogP contribution < -0.4 is 10.1 Å². The van der Waals surface area contributed by atoms with Gasteiger partial charge in [0, 0.05) is 17.0 Å². The topological polar surface area (TPSA) is 34.2 Å². The summed E-state index contributed by atoms with van der Waals surface area (Å²) in [6.07, 6.45) is 0. The van der Waals surface area contributed by atoms with E-state index in [4.69, 9.17) is 4.74 Å². The first-order valence-corrected chi connectivity index (χ1v) is 5.42. The summed E-state index contributed by atoms with van der Waals surface area (Å²) >= 11 is 0. The fourth-order valence-corrected chi connectivity index (χ4v) is 1.53. The Balaban J connectivity index is 2.36. The Morgan fingerprint density at radius 1 is 1.29 bits per heavy atom. The smallest absolute Gasteiger partial charge is 0.213 e. The maximum Gasteiger partial charge on any atom is 0.213 e. The SMILES string of the molecule is CNCC#Cc1ccc2nc(OC)ccc2c1. The van der Waals surface area contributed by atoms with Crippen molar-refractivity contribution in [2.75, 3.05) is 20.7 Å². The van der Waals surface area contributed by atoms with Gasteiger partial charge in [0.25, 0.3) is 0 Å². The number of methoxy groups -OCH3 is 1. The Bertz CT molecular complexity index is 582. The Labute approximate surface area is 101 Å². The molecule has 2 rings (SSSR count). The molecule has 0 bridgehead atoms. The fourth-order valence-electron chi connectivity index (χ4n) is 1.53. The first-order chi connectivity index (χ1) is 8.33. The highest BCUT2D eigenvalue weighted by Crippen LogP contribution is 2.17. The molecule has 1 aromatic heterocycles. The molecule has 0 unspecified atom stereocenters. The Hall–Kier alpha value is -2.05. The van der Waals surface area contributed by atoms with Gasteiger partial charge < -0.3 is 10.1 Å². The van der Waals surface area contributed by atoms with Crippen molar-refractivity contribution in [2.45, 2.75) is 0 Å². The summed E-state index contributed by atoms with van der Waals surface area (Å²) in [5, 5.41) is 4.06. The number of nitrogens with one attached hydrogen (secondary N) is 1. The van der Waals surface area contributed by atoms with Crippen LogP contribution in [0.5, 0.6) is 5.88 Å². The van der Waals surface area contributed by atoms with E-state index in [0.29, 0.717) is 12.4 Å². The summed E-state index contributed by atoms with van der Waals surface area (Å²) in [4.78, 5) is 4.35. The third kappa shape index (κ3) is 2.74. The van der Waals surface area contributed by atoms with Gasteiger partial charge in [0.2, 0.25) is 5.88 Å². The lowest BCUT2D eigenvalue weighted by atomic mass is 10.1. The van der Waals surface area contributed by atoms with Crippen molar-refractivity contribution in [1.82, 2.24) is 10.3 Å². The number of fused-ring (bicyclic) bond motifs is 1. The van der Waals surface area contributed by atoms with Gasteiger partial charge in [-0.1, -0.05) is 11.8 Å². The second-order valence-corrected chi connectivity index (χ2v) is 3.59. The summed E-state index contributed by atoms with van der Waals surface area (Å²) in [5.74, 6) is 6.76. The van der Waals surface area contributed by atoms with Crippen molar-refractivity contribution in [3.63, 3.8) is 0 Å². The van der Waals surface area contributed by atoms with E-state index < -0.39 is 0 Å². The first kappa shape index (κ1) is 11.4. The summed E-state index contributed by atoms with van der Waals surface area (Å²) in [5.41, 5.74) is 1.92. The van der Waals surface area contributed by atoms with Crippen molar-refractivity contribution >= 4 is 10.9 Å². The van der Waals surface area contributed by atoms with Gasteiger partial charge in [0.1, 0.15) is 0 Å². The van der Waals surface area contributed by atoms with Crippen LogP contribution in [0.2, 0.25) is 0 Å². The van der Waals surface area contributed by atoms with E-state index in [-0.39, 0.29) is 0 Å². The van der Waals surface area contributed by atoms with Crippen LogP contribution in [0, 0.1) is 11.8 Å². The Morgan fingerprint density at radius 2 is 2.18 bits per heavy atom. The molecule has 17 heavy (non-hydrogen) atoms. The minimum atomic E-state index is 0.631. The average molecular weight is 226 g/mol. The lowest BCUT2D eigenvalue weighted by Gasteiger charge is -2.01. The number of aromatic nitrogens is 1. The van der Waals surface area contributed by atoms with E-state index in [1.807, 2.05) is 37.4 Å². The molecule has 86 valence electrons. The molecule has 3 nitrogen and oxygen atoms in total. The van der Waals surface area contributed by atoms with Crippen LogP contribution in [-0.2, 0) is 0 Å². The van der Waals surface area contributed by atoms with E-state index in [2.05, 4.69) is 22.1 Å². The summed E-state index contributed by atoms with van der Waals surface area (Å²) in [6, 6.07) is 9.81. The lowest BCUT2D eigenvalue weighted by Crippen LogP contribution is -2.04. The highest BCUT2D eigenvalue weighted by atomic mass is 16.5. The molecule has 1 heterocycles. The molecule has 2 aromatic rings. The van der Waals surface area contributed by atoms with Crippen molar-refractivity contribution in [2.24, 2.45) is 0 Å². The van der Waals surface area contributed by atoms with Gasteiger partial charge in [-0.15, -0.1) is 0 Å². The number of hydrogen-bond acceptors (Lipinski definition) is 3. The minimum Gasteiger partial charge on any atom is -0.481 e. The zero-order valence-electron chi connectivity index (χ0n) is 9.95. The molecule has 0 saturated carbocycles. The molecule has 0 aliphatic heterocycles. The van der Waals surface area contributed by atoms with Gasteiger partial charge in [0.05, 0.1) is 19.2 Å². The van der Waals surface area contributed by atoms with E-state index in [1.54, 1.807) is 7.11 Å². The number of nitrogens with zero attached hydrogens (tertiary/aromatic N) is 1.